The minimum Gasteiger partial charge on any atom is -0.325 e. The molecule has 1 amide bonds. The van der Waals surface area contributed by atoms with E-state index in [0.717, 1.165) is 30.3 Å². The van der Waals surface area contributed by atoms with Gasteiger partial charge in [0.15, 0.2) is 0 Å². The van der Waals surface area contributed by atoms with Crippen molar-refractivity contribution < 1.29 is 30.8 Å². The van der Waals surface area contributed by atoms with Crippen molar-refractivity contribution in [2.24, 2.45) is 0 Å². The minimum absolute atomic E-state index is 0.210. The number of sulfonamides is 1. The molecule has 25 heavy (non-hydrogen) atoms. The fourth-order valence-corrected chi connectivity index (χ4v) is 3.12. The molecule has 0 radical (unpaired) electrons. The first kappa shape index (κ1) is 18.9. The monoisotopic (exact) mass is 376 g/mol. The lowest BCUT2D eigenvalue weighted by Gasteiger charge is -2.13. The van der Waals surface area contributed by atoms with Crippen LogP contribution < -0.4 is 10.0 Å². The molecule has 2 N–H and O–H groups in total. The van der Waals surface area contributed by atoms with E-state index in [9.17, 15) is 30.8 Å². The van der Waals surface area contributed by atoms with Gasteiger partial charge in [0.05, 0.1) is 17.0 Å². The highest BCUT2D eigenvalue weighted by atomic mass is 32.2. The summed E-state index contributed by atoms with van der Waals surface area (Å²) in [6.45, 7) is -0.786. The Bertz CT molecular complexity index is 865. The van der Waals surface area contributed by atoms with E-state index in [1.807, 2.05) is 0 Å². The van der Waals surface area contributed by atoms with Crippen molar-refractivity contribution >= 4 is 21.6 Å². The highest BCUT2D eigenvalue weighted by Gasteiger charge is 2.36. The molecule has 0 atom stereocenters. The highest BCUT2D eigenvalue weighted by Crippen LogP contribution is 2.33. The van der Waals surface area contributed by atoms with E-state index in [1.54, 1.807) is 4.72 Å². The van der Waals surface area contributed by atoms with Crippen molar-refractivity contribution in [2.45, 2.75) is 11.1 Å². The van der Waals surface area contributed by atoms with Crippen molar-refractivity contribution in [3.63, 3.8) is 0 Å². The van der Waals surface area contributed by atoms with Crippen molar-refractivity contribution in [1.82, 2.24) is 4.72 Å². The third kappa shape index (κ3) is 5.00. The van der Waals surface area contributed by atoms with Crippen molar-refractivity contribution in [1.29, 1.82) is 0 Å². The number of hydrogen-bond donors (Lipinski definition) is 2. The summed E-state index contributed by atoms with van der Waals surface area (Å²) in [5.41, 5.74) is -1.12. The number of carbonyl (C=O) groups excluding carboxylic acids is 1. The van der Waals surface area contributed by atoms with Crippen LogP contribution in [0.2, 0.25) is 0 Å². The molecule has 0 saturated carbocycles. The maximum atomic E-state index is 12.9. The lowest BCUT2D eigenvalue weighted by Crippen LogP contribution is -2.33. The summed E-state index contributed by atoms with van der Waals surface area (Å²) >= 11 is 0. The van der Waals surface area contributed by atoms with E-state index in [1.165, 1.54) is 12.1 Å². The van der Waals surface area contributed by atoms with Crippen LogP contribution in [0.5, 0.6) is 0 Å². The molecular weight excluding hydrogens is 364 g/mol. The number of nitrogens with one attached hydrogen (secondary N) is 2. The Morgan fingerprint density at radius 1 is 1.00 bits per heavy atom. The summed E-state index contributed by atoms with van der Waals surface area (Å²) in [5, 5.41) is 2.28. The van der Waals surface area contributed by atoms with E-state index in [-0.39, 0.29) is 5.69 Å². The molecule has 0 bridgehead atoms. The molecule has 0 aromatic heterocycles. The normalized spacial score (nSPS) is 12.0. The van der Waals surface area contributed by atoms with Crippen molar-refractivity contribution in [3.05, 3.63) is 59.9 Å². The van der Waals surface area contributed by atoms with Crippen LogP contribution in [0, 0.1) is 5.82 Å². The Labute approximate surface area is 140 Å². The number of anilines is 1. The van der Waals surface area contributed by atoms with Crippen LogP contribution in [0.4, 0.5) is 23.2 Å². The fraction of sp³-hybridized carbons (Fsp3) is 0.133. The zero-order valence-electron chi connectivity index (χ0n) is 12.5. The summed E-state index contributed by atoms with van der Waals surface area (Å²) in [6.07, 6.45) is -4.86. The van der Waals surface area contributed by atoms with Gasteiger partial charge >= 0.3 is 6.18 Å². The van der Waals surface area contributed by atoms with Gasteiger partial charge in [0.1, 0.15) is 5.82 Å². The topological polar surface area (TPSA) is 75.3 Å². The van der Waals surface area contributed by atoms with Gasteiger partial charge in [-0.25, -0.2) is 17.5 Å². The summed E-state index contributed by atoms with van der Waals surface area (Å²) in [4.78, 5) is 10.7. The van der Waals surface area contributed by atoms with Gasteiger partial charge in [0.25, 0.3) is 0 Å². The predicted molar refractivity (Wildman–Crippen MR) is 81.7 cm³/mol. The zero-order chi connectivity index (χ0) is 18.7. The molecule has 0 fully saturated rings. The Morgan fingerprint density at radius 2 is 1.60 bits per heavy atom. The molecule has 2 aromatic rings. The van der Waals surface area contributed by atoms with E-state index in [0.29, 0.717) is 6.07 Å². The number of rotatable bonds is 5. The molecule has 2 aromatic carbocycles. The highest BCUT2D eigenvalue weighted by molar-refractivity contribution is 7.89. The molecule has 2 rings (SSSR count). The first-order valence-corrected chi connectivity index (χ1v) is 8.29. The van der Waals surface area contributed by atoms with E-state index in [2.05, 4.69) is 5.32 Å². The Hall–Kier alpha value is -2.46. The van der Waals surface area contributed by atoms with Crippen LogP contribution in [-0.4, -0.2) is 20.9 Å². The molecule has 0 saturated heterocycles. The van der Waals surface area contributed by atoms with Crippen LogP contribution >= 0.6 is 0 Å². The lowest BCUT2D eigenvalue weighted by molar-refractivity contribution is -0.139. The lowest BCUT2D eigenvalue weighted by atomic mass is 10.2. The van der Waals surface area contributed by atoms with Crippen LogP contribution in [0.1, 0.15) is 5.56 Å². The van der Waals surface area contributed by atoms with E-state index in [4.69, 9.17) is 0 Å². The number of alkyl halides is 3. The largest absolute Gasteiger partial charge is 0.417 e. The molecular formula is C15H12F4N2O3S. The standard InChI is InChI=1S/C15H12F4N2O3S/c16-10-5-7-11(8-6-10)21-14(22)9-20-25(23,24)13-4-2-1-3-12(13)15(17,18)19/h1-8,20H,9H2,(H,21,22). The third-order valence-electron chi connectivity index (χ3n) is 3.03. The van der Waals surface area contributed by atoms with Crippen LogP contribution in [0.15, 0.2) is 53.4 Å². The number of halogens is 4. The molecule has 0 unspecified atom stereocenters. The van der Waals surface area contributed by atoms with E-state index < -0.39 is 44.9 Å². The quantitative estimate of drug-likeness (QED) is 0.788. The number of amides is 1. The maximum absolute atomic E-state index is 12.9. The van der Waals surface area contributed by atoms with Gasteiger partial charge in [-0.2, -0.15) is 13.2 Å². The second kappa shape index (κ2) is 7.19. The smallest absolute Gasteiger partial charge is 0.325 e. The van der Waals surface area contributed by atoms with Crippen LogP contribution in [0.3, 0.4) is 0 Å². The minimum atomic E-state index is -4.86. The van der Waals surface area contributed by atoms with Gasteiger partial charge in [-0.15, -0.1) is 0 Å². The van der Waals surface area contributed by atoms with Crippen LogP contribution in [-0.2, 0) is 21.0 Å². The van der Waals surface area contributed by atoms with Gasteiger partial charge in [0.2, 0.25) is 15.9 Å². The van der Waals surface area contributed by atoms with Crippen molar-refractivity contribution in [2.75, 3.05) is 11.9 Å². The maximum Gasteiger partial charge on any atom is 0.417 e. The number of benzene rings is 2. The molecule has 0 aliphatic carbocycles. The molecule has 0 spiro atoms. The molecule has 0 aliphatic rings. The molecule has 0 aliphatic heterocycles. The molecule has 0 heterocycles. The second-order valence-corrected chi connectivity index (χ2v) is 6.61. The van der Waals surface area contributed by atoms with Gasteiger partial charge < -0.3 is 5.32 Å². The predicted octanol–water partition coefficient (Wildman–Crippen LogP) is 2.76. The molecule has 10 heteroatoms. The van der Waals surface area contributed by atoms with Crippen LogP contribution in [0.25, 0.3) is 0 Å². The number of carbonyl (C=O) groups is 1. The number of hydrogen-bond acceptors (Lipinski definition) is 3. The molecule has 134 valence electrons. The first-order chi connectivity index (χ1) is 11.6. The van der Waals surface area contributed by atoms with Gasteiger partial charge in [-0.3, -0.25) is 4.79 Å². The average molecular weight is 376 g/mol. The van der Waals surface area contributed by atoms with Gasteiger partial charge in [0, 0.05) is 5.69 Å². The zero-order valence-corrected chi connectivity index (χ0v) is 13.3. The SMILES string of the molecule is O=C(CNS(=O)(=O)c1ccccc1C(F)(F)F)Nc1ccc(F)cc1. The first-order valence-electron chi connectivity index (χ1n) is 6.81. The second-order valence-electron chi connectivity index (χ2n) is 4.87. The summed E-state index contributed by atoms with van der Waals surface area (Å²) in [5.74, 6) is -1.35. The van der Waals surface area contributed by atoms with Crippen molar-refractivity contribution in [3.8, 4) is 0 Å². The average Bonchev–Trinajstić information content (AvgIpc) is 2.54. The third-order valence-corrected chi connectivity index (χ3v) is 4.49. The van der Waals surface area contributed by atoms with Gasteiger partial charge in [-0.1, -0.05) is 12.1 Å². The Balaban J connectivity index is 2.09. The summed E-state index contributed by atoms with van der Waals surface area (Å²) in [7, 11) is -4.56. The Morgan fingerprint density at radius 3 is 2.20 bits per heavy atom. The van der Waals surface area contributed by atoms with Gasteiger partial charge in [-0.05, 0) is 36.4 Å². The summed E-state index contributed by atoms with van der Waals surface area (Å²) in [6, 6.07) is 8.29. The Kier molecular flexibility index (Phi) is 5.43. The van der Waals surface area contributed by atoms with E-state index >= 15 is 0 Å². The summed E-state index contributed by atoms with van der Waals surface area (Å²) < 4.78 is 77.4. The molecule has 5 nitrogen and oxygen atoms in total. The fourth-order valence-electron chi connectivity index (χ4n) is 1.91.